The third kappa shape index (κ3) is 10.0. The van der Waals surface area contributed by atoms with Gasteiger partial charge in [0.15, 0.2) is 5.92 Å². The van der Waals surface area contributed by atoms with E-state index < -0.39 is 17.9 Å². The van der Waals surface area contributed by atoms with Gasteiger partial charge in [-0.05, 0) is 18.3 Å². The van der Waals surface area contributed by atoms with Crippen molar-refractivity contribution in [3.63, 3.8) is 0 Å². The first kappa shape index (κ1) is 22.5. The van der Waals surface area contributed by atoms with Crippen molar-refractivity contribution in [2.45, 2.75) is 65.7 Å². The van der Waals surface area contributed by atoms with E-state index in [1.807, 2.05) is 13.8 Å². The zero-order valence-electron chi connectivity index (χ0n) is 12.4. The Bertz CT molecular complexity index is 265. The van der Waals surface area contributed by atoms with Crippen molar-refractivity contribution >= 4 is 49.7 Å². The van der Waals surface area contributed by atoms with E-state index in [2.05, 4.69) is 6.92 Å². The summed E-state index contributed by atoms with van der Waals surface area (Å²) >= 11 is 0. The Morgan fingerprint density at radius 2 is 1.45 bits per heavy atom. The van der Waals surface area contributed by atoms with Gasteiger partial charge in [-0.25, -0.2) is 0 Å². The molecule has 0 aromatic carbocycles. The summed E-state index contributed by atoms with van der Waals surface area (Å²) in [5, 5.41) is 17.9. The van der Waals surface area contributed by atoms with E-state index in [1.165, 1.54) is 19.3 Å². The molecule has 0 fully saturated rings. The Balaban J connectivity index is 0. The van der Waals surface area contributed by atoms with Crippen LogP contribution < -0.4 is 0 Å². The summed E-state index contributed by atoms with van der Waals surface area (Å²) in [6.45, 7) is 6.25. The van der Waals surface area contributed by atoms with Crippen molar-refractivity contribution in [3.8, 4) is 0 Å². The normalized spacial score (nSPS) is 12.2. The van der Waals surface area contributed by atoms with E-state index in [0.29, 0.717) is 5.92 Å². The van der Waals surface area contributed by atoms with Crippen LogP contribution in [0.25, 0.3) is 0 Å². The molecule has 0 aliphatic carbocycles. The Labute approximate surface area is 152 Å². The summed E-state index contributed by atoms with van der Waals surface area (Å²) in [4.78, 5) is 21.9. The number of unbranched alkanes of at least 4 members (excludes halogenated alkanes) is 4. The first-order valence-corrected chi connectivity index (χ1v) is 7.35. The van der Waals surface area contributed by atoms with Gasteiger partial charge in [0.25, 0.3) is 0 Å². The van der Waals surface area contributed by atoms with Gasteiger partial charge in [-0.2, -0.15) is 0 Å². The second kappa shape index (κ2) is 12.9. The molecule has 1 unspecified atom stereocenters. The molecule has 0 aliphatic rings. The summed E-state index contributed by atoms with van der Waals surface area (Å²) in [5.74, 6) is -3.19. The fourth-order valence-electron chi connectivity index (χ4n) is 2.34. The van der Waals surface area contributed by atoms with Gasteiger partial charge >= 0.3 is 49.7 Å². The van der Waals surface area contributed by atoms with E-state index in [0.717, 1.165) is 19.3 Å². The maximum absolute atomic E-state index is 10.9. The van der Waals surface area contributed by atoms with Crippen LogP contribution in [0.15, 0.2) is 0 Å². The van der Waals surface area contributed by atoms with Crippen molar-refractivity contribution in [2.75, 3.05) is 0 Å². The summed E-state index contributed by atoms with van der Waals surface area (Å²) < 4.78 is 0. The fraction of sp³-hybridized carbons (Fsp3) is 0.867. The van der Waals surface area contributed by atoms with E-state index >= 15 is 0 Å². The predicted octanol–water partition coefficient (Wildman–Crippen LogP) is 2.88. The van der Waals surface area contributed by atoms with Crippen LogP contribution in [0.3, 0.4) is 0 Å². The number of hydrogen-bond acceptors (Lipinski definition) is 2. The minimum atomic E-state index is -1.26. The molecule has 116 valence electrons. The number of carboxylic acid groups (broad SMARTS) is 2. The molecule has 0 saturated heterocycles. The van der Waals surface area contributed by atoms with Crippen LogP contribution in [0.1, 0.15) is 65.7 Å². The molecule has 1 atom stereocenters. The molecule has 0 radical (unpaired) electrons. The van der Waals surface area contributed by atoms with Crippen LogP contribution in [-0.4, -0.2) is 59.9 Å². The molecule has 4 nitrogen and oxygen atoms in total. The molecule has 5 heteroatoms. The number of carboxylic acids is 2. The molecule has 0 aromatic heterocycles. The number of hydrogen-bond donors (Lipinski definition) is 2. The quantitative estimate of drug-likeness (QED) is 0.349. The number of rotatable bonds is 11. The van der Waals surface area contributed by atoms with Crippen LogP contribution in [-0.2, 0) is 9.59 Å². The predicted molar refractivity (Wildman–Crippen MR) is 83.6 cm³/mol. The molecule has 20 heavy (non-hydrogen) atoms. The second-order valence-electron chi connectivity index (χ2n) is 5.67. The van der Waals surface area contributed by atoms with Crippen LogP contribution >= 0.6 is 0 Å². The molecule has 0 amide bonds. The SMILES string of the molecule is CCCCCCCC(CC(C(=O)O)C(=O)O)C(C)C.[CaH2]. The summed E-state index contributed by atoms with van der Waals surface area (Å²) in [5.41, 5.74) is 0. The molecule has 0 aliphatic heterocycles. The molecule has 0 spiro atoms. The average Bonchev–Trinajstić information content (AvgIpc) is 2.31. The van der Waals surface area contributed by atoms with Crippen molar-refractivity contribution in [1.29, 1.82) is 0 Å². The van der Waals surface area contributed by atoms with Crippen LogP contribution in [0, 0.1) is 17.8 Å². The van der Waals surface area contributed by atoms with Crippen molar-refractivity contribution in [1.82, 2.24) is 0 Å². The van der Waals surface area contributed by atoms with Gasteiger partial charge < -0.3 is 10.2 Å². The Morgan fingerprint density at radius 1 is 0.950 bits per heavy atom. The van der Waals surface area contributed by atoms with Crippen molar-refractivity contribution < 1.29 is 19.8 Å². The van der Waals surface area contributed by atoms with Gasteiger partial charge in [0.1, 0.15) is 0 Å². The van der Waals surface area contributed by atoms with Crippen molar-refractivity contribution in [3.05, 3.63) is 0 Å². The fourth-order valence-corrected chi connectivity index (χ4v) is 2.34. The second-order valence-corrected chi connectivity index (χ2v) is 5.67. The summed E-state index contributed by atoms with van der Waals surface area (Å²) in [7, 11) is 0. The Hall–Kier alpha value is 0.200. The van der Waals surface area contributed by atoms with Crippen molar-refractivity contribution in [2.24, 2.45) is 17.8 Å². The van der Waals surface area contributed by atoms with Gasteiger partial charge in [-0.3, -0.25) is 9.59 Å². The first-order chi connectivity index (χ1) is 8.90. The summed E-state index contributed by atoms with van der Waals surface area (Å²) in [6, 6.07) is 0. The standard InChI is InChI=1S/C15H28O4.Ca.2H/c1-4-5-6-7-8-9-12(11(2)3)10-13(14(16)17)15(18)19;;;/h11-13H,4-10H2,1-3H3,(H,16,17)(H,18,19);;;. The monoisotopic (exact) mass is 314 g/mol. The molecular weight excluding hydrogens is 284 g/mol. The van der Waals surface area contributed by atoms with Crippen LogP contribution in [0.4, 0.5) is 0 Å². The summed E-state index contributed by atoms with van der Waals surface area (Å²) in [6.07, 6.45) is 7.04. The zero-order chi connectivity index (χ0) is 14.8. The van der Waals surface area contributed by atoms with Gasteiger partial charge in [0.2, 0.25) is 0 Å². The van der Waals surface area contributed by atoms with Gasteiger partial charge in [-0.1, -0.05) is 59.3 Å². The van der Waals surface area contributed by atoms with Crippen LogP contribution in [0.2, 0.25) is 0 Å². The maximum atomic E-state index is 10.9. The first-order valence-electron chi connectivity index (χ1n) is 7.35. The minimum absolute atomic E-state index is 0. The number of carbonyl (C=O) groups is 2. The molecular formula is C15H30CaO4. The van der Waals surface area contributed by atoms with Crippen LogP contribution in [0.5, 0.6) is 0 Å². The number of aliphatic carboxylic acids is 2. The Morgan fingerprint density at radius 3 is 1.85 bits per heavy atom. The topological polar surface area (TPSA) is 74.6 Å². The molecule has 0 bridgehead atoms. The third-order valence-corrected chi connectivity index (χ3v) is 3.76. The average molecular weight is 314 g/mol. The molecule has 0 aromatic rings. The van der Waals surface area contributed by atoms with E-state index in [9.17, 15) is 9.59 Å². The molecule has 0 rings (SSSR count). The zero-order valence-corrected chi connectivity index (χ0v) is 12.4. The van der Waals surface area contributed by atoms with Gasteiger partial charge in [0, 0.05) is 0 Å². The van der Waals surface area contributed by atoms with E-state index in [4.69, 9.17) is 10.2 Å². The molecule has 0 saturated carbocycles. The molecule has 0 heterocycles. The third-order valence-electron chi connectivity index (χ3n) is 3.76. The Kier molecular flexibility index (Phi) is 14.5. The van der Waals surface area contributed by atoms with E-state index in [-0.39, 0.29) is 50.1 Å². The van der Waals surface area contributed by atoms with E-state index in [1.54, 1.807) is 0 Å². The molecule has 2 N–H and O–H groups in total. The van der Waals surface area contributed by atoms with Gasteiger partial charge in [-0.15, -0.1) is 0 Å². The van der Waals surface area contributed by atoms with Gasteiger partial charge in [0.05, 0.1) is 0 Å².